The molecule has 0 radical (unpaired) electrons. The van der Waals surface area contributed by atoms with E-state index in [4.69, 9.17) is 21.8 Å². The Hall–Kier alpha value is -4.62. The summed E-state index contributed by atoms with van der Waals surface area (Å²) in [6.45, 7) is -3.66. The fourth-order valence-electron chi connectivity index (χ4n) is 5.06. The fourth-order valence-corrected chi connectivity index (χ4v) is 5.06. The summed E-state index contributed by atoms with van der Waals surface area (Å²) in [5.41, 5.74) is 1.60. The number of carbonyl (C=O) groups is 2. The average molecular weight is 618 g/mol. The van der Waals surface area contributed by atoms with Gasteiger partial charge in [0.15, 0.2) is 13.2 Å². The molecule has 0 aromatic heterocycles. The monoisotopic (exact) mass is 617 g/mol. The minimum Gasteiger partial charge on any atom is -0.483 e. The van der Waals surface area contributed by atoms with Gasteiger partial charge in [0.05, 0.1) is 16.3 Å². The van der Waals surface area contributed by atoms with Crippen molar-refractivity contribution in [2.45, 2.75) is 65.0 Å². The van der Waals surface area contributed by atoms with Crippen molar-refractivity contribution in [3.63, 3.8) is 0 Å². The number of rotatable bonds is 15. The Balaban J connectivity index is 1.57. The van der Waals surface area contributed by atoms with Crippen molar-refractivity contribution >= 4 is 11.8 Å². The SMILES string of the molecule is [2H]c1c([2H])c(C([2H])([2H])[2H])c(OCC(=O)N[C@@H](Cc2ccccc2)C[C@H](O)[C@H](Cc2ccccc2)NC(=O)COc2c(C)cccc2C)c(C([2H])([2H])[2H])c1[2H]. The van der Waals surface area contributed by atoms with Gasteiger partial charge in [0.25, 0.3) is 11.8 Å². The lowest BCUT2D eigenvalue weighted by atomic mass is 9.93. The van der Waals surface area contributed by atoms with E-state index in [0.29, 0.717) is 5.75 Å². The van der Waals surface area contributed by atoms with E-state index in [1.54, 1.807) is 0 Å². The molecule has 45 heavy (non-hydrogen) atoms. The number of hydrogen-bond acceptors (Lipinski definition) is 5. The molecule has 0 unspecified atom stereocenters. The summed E-state index contributed by atoms with van der Waals surface area (Å²) in [4.78, 5) is 26.7. The Bertz CT molecular complexity index is 1840. The summed E-state index contributed by atoms with van der Waals surface area (Å²) in [7, 11) is 0. The number of aliphatic hydroxyl groups excluding tert-OH is 1. The van der Waals surface area contributed by atoms with Gasteiger partial charge in [0, 0.05) is 14.3 Å². The van der Waals surface area contributed by atoms with Gasteiger partial charge in [-0.25, -0.2) is 0 Å². The predicted molar refractivity (Wildman–Crippen MR) is 178 cm³/mol. The first kappa shape index (κ1) is 22.8. The van der Waals surface area contributed by atoms with E-state index in [0.717, 1.165) is 22.3 Å². The molecule has 4 aromatic carbocycles. The molecule has 0 aliphatic rings. The van der Waals surface area contributed by atoms with E-state index < -0.39 is 85.3 Å². The number of aryl methyl sites for hydroxylation is 2. The van der Waals surface area contributed by atoms with E-state index in [-0.39, 0.29) is 25.9 Å². The Morgan fingerprint density at radius 3 is 1.80 bits per heavy atom. The number of para-hydroxylation sites is 2. The molecular weight excluding hydrogens is 564 g/mol. The van der Waals surface area contributed by atoms with Crippen LogP contribution in [0.2, 0.25) is 0 Å². The first-order valence-electron chi connectivity index (χ1n) is 19.2. The average Bonchev–Trinajstić information content (AvgIpc) is 3.09. The van der Waals surface area contributed by atoms with E-state index in [2.05, 4.69) is 10.6 Å². The van der Waals surface area contributed by atoms with Gasteiger partial charge in [-0.1, -0.05) is 97.0 Å². The number of aliphatic hydroxyl groups is 1. The Kier molecular flexibility index (Phi) is 8.34. The molecule has 0 spiro atoms. The van der Waals surface area contributed by atoms with Crippen molar-refractivity contribution in [1.29, 1.82) is 0 Å². The molecule has 236 valence electrons. The Morgan fingerprint density at radius 2 is 1.24 bits per heavy atom. The normalized spacial score (nSPS) is 16.4. The predicted octanol–water partition coefficient (Wildman–Crippen LogP) is 5.58. The molecule has 0 heterocycles. The van der Waals surface area contributed by atoms with Gasteiger partial charge < -0.3 is 25.2 Å². The number of ether oxygens (including phenoxy) is 2. The largest absolute Gasteiger partial charge is 0.483 e. The van der Waals surface area contributed by atoms with Crippen molar-refractivity contribution < 1.29 is 36.5 Å². The van der Waals surface area contributed by atoms with Crippen LogP contribution in [0, 0.1) is 27.6 Å². The maximum absolute atomic E-state index is 13.5. The molecule has 4 aromatic rings. The van der Waals surface area contributed by atoms with Crippen LogP contribution >= 0.6 is 0 Å². The zero-order valence-electron chi connectivity index (χ0n) is 34.4. The van der Waals surface area contributed by atoms with Crippen molar-refractivity contribution in [3.8, 4) is 11.5 Å². The van der Waals surface area contributed by atoms with Crippen LogP contribution in [-0.4, -0.2) is 48.3 Å². The summed E-state index contributed by atoms with van der Waals surface area (Å²) in [5.74, 6) is -1.53. The minimum absolute atomic E-state index is 0.0571. The molecule has 0 aliphatic carbocycles. The highest BCUT2D eigenvalue weighted by molar-refractivity contribution is 5.78. The van der Waals surface area contributed by atoms with Crippen LogP contribution in [0.4, 0.5) is 0 Å². The summed E-state index contributed by atoms with van der Waals surface area (Å²) >= 11 is 0. The highest BCUT2D eigenvalue weighted by Crippen LogP contribution is 2.23. The number of carbonyl (C=O) groups excluding carboxylic acids is 2. The van der Waals surface area contributed by atoms with Crippen LogP contribution in [0.15, 0.2) is 97.0 Å². The van der Waals surface area contributed by atoms with E-state index in [1.807, 2.05) is 92.7 Å². The van der Waals surface area contributed by atoms with Crippen LogP contribution in [0.3, 0.4) is 0 Å². The number of hydrogen-bond donors (Lipinski definition) is 3. The van der Waals surface area contributed by atoms with Crippen molar-refractivity contribution in [2.24, 2.45) is 0 Å². The Labute approximate surface area is 279 Å². The van der Waals surface area contributed by atoms with E-state index in [9.17, 15) is 14.7 Å². The van der Waals surface area contributed by atoms with Gasteiger partial charge >= 0.3 is 0 Å². The van der Waals surface area contributed by atoms with Crippen LogP contribution in [-0.2, 0) is 22.4 Å². The fraction of sp³-hybridized carbons (Fsp3) is 0.316. The Morgan fingerprint density at radius 1 is 0.733 bits per heavy atom. The zero-order valence-corrected chi connectivity index (χ0v) is 25.4. The van der Waals surface area contributed by atoms with E-state index in [1.165, 1.54) is 0 Å². The number of amides is 2. The standard InChI is InChI=1S/C38H44N2O5/c1-26-13-11-14-27(2)37(26)44-24-35(42)39-32(21-30-17-7-5-8-18-30)23-34(41)33(22-31-19-9-6-10-20-31)40-36(43)25-45-38-28(3)15-12-16-29(38)4/h5-20,32-34,41H,21-25H2,1-4H3,(H,39,42)(H,40,43)/t32-,33-,34-/m0/s1/i1D3,2D3,11D,13D,14D. The summed E-state index contributed by atoms with van der Waals surface area (Å²) < 4.78 is 83.3. The molecule has 0 saturated heterocycles. The van der Waals surface area contributed by atoms with Crippen LogP contribution in [0.25, 0.3) is 0 Å². The van der Waals surface area contributed by atoms with Crippen LogP contribution in [0.1, 0.15) is 52.1 Å². The maximum Gasteiger partial charge on any atom is 0.258 e. The van der Waals surface area contributed by atoms with Crippen LogP contribution < -0.4 is 20.1 Å². The maximum atomic E-state index is 13.5. The van der Waals surface area contributed by atoms with E-state index >= 15 is 0 Å². The number of benzene rings is 4. The van der Waals surface area contributed by atoms with Gasteiger partial charge in [-0.2, -0.15) is 0 Å². The molecule has 7 heteroatoms. The molecule has 2 amide bonds. The summed E-state index contributed by atoms with van der Waals surface area (Å²) in [6.07, 6.45) is -0.777. The van der Waals surface area contributed by atoms with Gasteiger partial charge in [-0.3, -0.25) is 9.59 Å². The molecule has 4 rings (SSSR count). The lowest BCUT2D eigenvalue weighted by molar-refractivity contribution is -0.126. The highest BCUT2D eigenvalue weighted by atomic mass is 16.5. The quantitative estimate of drug-likeness (QED) is 0.162. The molecule has 0 bridgehead atoms. The first-order chi connectivity index (χ1) is 25.4. The third-order valence-corrected chi connectivity index (χ3v) is 7.26. The second kappa shape index (κ2) is 16.5. The molecular formula is C38H44N2O5. The summed E-state index contributed by atoms with van der Waals surface area (Å²) in [5, 5.41) is 17.4. The van der Waals surface area contributed by atoms with Crippen molar-refractivity contribution in [1.82, 2.24) is 10.6 Å². The minimum atomic E-state index is -3.10. The second-order valence-electron chi connectivity index (χ2n) is 10.9. The smallest absolute Gasteiger partial charge is 0.258 e. The first-order valence-corrected chi connectivity index (χ1v) is 14.7. The zero-order chi connectivity index (χ0) is 39.8. The molecule has 0 aliphatic heterocycles. The topological polar surface area (TPSA) is 96.9 Å². The molecule has 0 fully saturated rings. The van der Waals surface area contributed by atoms with Crippen molar-refractivity contribution in [2.75, 3.05) is 13.2 Å². The molecule has 3 atom stereocenters. The lowest BCUT2D eigenvalue weighted by Crippen LogP contribution is -2.50. The van der Waals surface area contributed by atoms with Gasteiger partial charge in [-0.15, -0.1) is 0 Å². The summed E-state index contributed by atoms with van der Waals surface area (Å²) in [6, 6.07) is 19.7. The molecule has 3 N–H and O–H groups in total. The molecule has 0 saturated carbocycles. The third-order valence-electron chi connectivity index (χ3n) is 7.26. The second-order valence-corrected chi connectivity index (χ2v) is 10.9. The van der Waals surface area contributed by atoms with Crippen LogP contribution in [0.5, 0.6) is 11.5 Å². The van der Waals surface area contributed by atoms with Gasteiger partial charge in [0.2, 0.25) is 0 Å². The lowest BCUT2D eigenvalue weighted by Gasteiger charge is -2.28. The van der Waals surface area contributed by atoms with Crippen molar-refractivity contribution in [3.05, 3.63) is 130 Å². The van der Waals surface area contributed by atoms with Gasteiger partial charge in [0.1, 0.15) is 11.5 Å². The van der Waals surface area contributed by atoms with Gasteiger partial charge in [-0.05, 0) is 80.2 Å². The number of nitrogens with one attached hydrogen (secondary N) is 2. The third kappa shape index (κ3) is 10.2. The highest BCUT2D eigenvalue weighted by Gasteiger charge is 2.27. The molecule has 7 nitrogen and oxygen atoms in total.